The van der Waals surface area contributed by atoms with Crippen LogP contribution in [0.15, 0.2) is 6.07 Å². The first kappa shape index (κ1) is 16.5. The second-order valence-corrected chi connectivity index (χ2v) is 6.08. The first-order chi connectivity index (χ1) is 9.08. The Kier molecular flexibility index (Phi) is 4.81. The molecule has 112 valence electrons. The number of anilines is 1. The summed E-state index contributed by atoms with van der Waals surface area (Å²) < 4.78 is 10.8. The summed E-state index contributed by atoms with van der Waals surface area (Å²) in [6.07, 6.45) is -0.762. The Balaban J connectivity index is 3.38. The van der Waals surface area contributed by atoms with Crippen molar-refractivity contribution in [3.05, 3.63) is 28.3 Å². The van der Waals surface area contributed by atoms with E-state index in [2.05, 4.69) is 0 Å². The number of esters is 1. The first-order valence-corrected chi connectivity index (χ1v) is 6.70. The number of ether oxygens (including phenoxy) is 2. The number of methoxy groups -OCH3 is 1. The zero-order valence-corrected chi connectivity index (χ0v) is 13.5. The lowest BCUT2D eigenvalue weighted by atomic mass is 9.94. The maximum atomic E-state index is 12.1. The maximum Gasteiger partial charge on any atom is 0.339 e. The largest absolute Gasteiger partial charge is 0.467 e. The third-order valence-corrected chi connectivity index (χ3v) is 3.37. The highest BCUT2D eigenvalue weighted by atomic mass is 16.6. The van der Waals surface area contributed by atoms with E-state index in [-0.39, 0.29) is 0 Å². The molecule has 0 saturated heterocycles. The third kappa shape index (κ3) is 3.51. The number of hydrogen-bond acceptors (Lipinski definition) is 4. The minimum atomic E-state index is -0.762. The first-order valence-electron chi connectivity index (χ1n) is 6.70. The predicted molar refractivity (Wildman–Crippen MR) is 80.7 cm³/mol. The molecule has 4 heteroatoms. The van der Waals surface area contributed by atoms with Gasteiger partial charge in [-0.25, -0.2) is 4.79 Å². The van der Waals surface area contributed by atoms with Crippen LogP contribution in [0, 0.1) is 20.8 Å². The third-order valence-electron chi connectivity index (χ3n) is 3.37. The van der Waals surface area contributed by atoms with Crippen LogP contribution in [0.25, 0.3) is 0 Å². The van der Waals surface area contributed by atoms with E-state index in [1.165, 1.54) is 7.11 Å². The van der Waals surface area contributed by atoms with Crippen molar-refractivity contribution in [1.29, 1.82) is 0 Å². The molecule has 0 bridgehead atoms. The molecule has 1 aromatic carbocycles. The molecular formula is C16H25NO3. The van der Waals surface area contributed by atoms with Crippen molar-refractivity contribution in [2.45, 2.75) is 53.2 Å². The summed E-state index contributed by atoms with van der Waals surface area (Å²) >= 11 is 0. The van der Waals surface area contributed by atoms with Crippen LogP contribution in [0.4, 0.5) is 5.69 Å². The van der Waals surface area contributed by atoms with E-state index in [1.54, 1.807) is 0 Å². The zero-order valence-electron chi connectivity index (χ0n) is 13.5. The molecule has 0 aliphatic rings. The fourth-order valence-electron chi connectivity index (χ4n) is 2.07. The van der Waals surface area contributed by atoms with Crippen molar-refractivity contribution in [2.75, 3.05) is 12.8 Å². The molecule has 0 aliphatic carbocycles. The Morgan fingerprint density at radius 1 is 1.20 bits per heavy atom. The molecule has 20 heavy (non-hydrogen) atoms. The standard InChI is InChI=1S/C16H25NO3/c1-9-8-12(11(3)13(17)10(9)2)14(15(18)19-7)20-16(4,5)6/h8,14H,17H2,1-7H3/t14-/m0/s1. The van der Waals surface area contributed by atoms with Crippen LogP contribution in [0.5, 0.6) is 0 Å². The van der Waals surface area contributed by atoms with Gasteiger partial charge in [-0.1, -0.05) is 6.07 Å². The molecular weight excluding hydrogens is 254 g/mol. The molecule has 0 heterocycles. The summed E-state index contributed by atoms with van der Waals surface area (Å²) in [4.78, 5) is 12.1. The lowest BCUT2D eigenvalue weighted by Gasteiger charge is -2.28. The Morgan fingerprint density at radius 2 is 1.75 bits per heavy atom. The summed E-state index contributed by atoms with van der Waals surface area (Å²) in [6.45, 7) is 11.6. The van der Waals surface area contributed by atoms with Gasteiger partial charge in [-0.05, 0) is 63.8 Å². The molecule has 1 aromatic rings. The topological polar surface area (TPSA) is 61.5 Å². The number of benzene rings is 1. The van der Waals surface area contributed by atoms with Gasteiger partial charge in [0.25, 0.3) is 0 Å². The van der Waals surface area contributed by atoms with E-state index in [1.807, 2.05) is 47.6 Å². The lowest BCUT2D eigenvalue weighted by Crippen LogP contribution is -2.29. The molecule has 0 radical (unpaired) electrons. The summed E-state index contributed by atoms with van der Waals surface area (Å²) in [6, 6.07) is 1.95. The van der Waals surface area contributed by atoms with Gasteiger partial charge in [0, 0.05) is 5.69 Å². The smallest absolute Gasteiger partial charge is 0.339 e. The van der Waals surface area contributed by atoms with Crippen LogP contribution in [0.2, 0.25) is 0 Å². The molecule has 1 rings (SSSR count). The number of nitrogen functional groups attached to an aromatic ring is 1. The van der Waals surface area contributed by atoms with Crippen LogP contribution in [0.3, 0.4) is 0 Å². The van der Waals surface area contributed by atoms with Crippen molar-refractivity contribution in [2.24, 2.45) is 0 Å². The van der Waals surface area contributed by atoms with E-state index in [9.17, 15) is 4.79 Å². The molecule has 1 atom stereocenters. The molecule has 0 amide bonds. The number of aryl methyl sites for hydroxylation is 1. The summed E-state index contributed by atoms with van der Waals surface area (Å²) in [5.74, 6) is -0.411. The van der Waals surface area contributed by atoms with Gasteiger partial charge < -0.3 is 15.2 Å². The second kappa shape index (κ2) is 5.83. The van der Waals surface area contributed by atoms with E-state index < -0.39 is 17.7 Å². The molecule has 2 N–H and O–H groups in total. The van der Waals surface area contributed by atoms with Crippen molar-refractivity contribution < 1.29 is 14.3 Å². The summed E-state index contributed by atoms with van der Waals surface area (Å²) in [5.41, 5.74) is 10.1. The van der Waals surface area contributed by atoms with E-state index >= 15 is 0 Å². The van der Waals surface area contributed by atoms with Gasteiger partial charge >= 0.3 is 5.97 Å². The minimum Gasteiger partial charge on any atom is -0.467 e. The van der Waals surface area contributed by atoms with Crippen molar-refractivity contribution in [3.8, 4) is 0 Å². The number of carbonyl (C=O) groups is 1. The average molecular weight is 279 g/mol. The lowest BCUT2D eigenvalue weighted by molar-refractivity contribution is -0.164. The maximum absolute atomic E-state index is 12.1. The zero-order chi connectivity index (χ0) is 15.7. The molecule has 0 aromatic heterocycles. The van der Waals surface area contributed by atoms with Gasteiger partial charge in [0.2, 0.25) is 0 Å². The Morgan fingerprint density at radius 3 is 2.20 bits per heavy atom. The van der Waals surface area contributed by atoms with Gasteiger partial charge in [-0.3, -0.25) is 0 Å². The number of hydrogen-bond donors (Lipinski definition) is 1. The summed E-state index contributed by atoms with van der Waals surface area (Å²) in [7, 11) is 1.36. The van der Waals surface area contributed by atoms with Gasteiger partial charge in [-0.2, -0.15) is 0 Å². The highest BCUT2D eigenvalue weighted by molar-refractivity contribution is 5.78. The second-order valence-electron chi connectivity index (χ2n) is 6.08. The SMILES string of the molecule is COC(=O)[C@@H](OC(C)(C)C)c1cc(C)c(C)c(N)c1C. The Labute approximate surface area is 121 Å². The van der Waals surface area contributed by atoms with E-state index in [4.69, 9.17) is 15.2 Å². The Bertz CT molecular complexity index is 515. The molecule has 0 saturated carbocycles. The highest BCUT2D eigenvalue weighted by Crippen LogP contribution is 2.33. The molecule has 0 fully saturated rings. The van der Waals surface area contributed by atoms with Crippen molar-refractivity contribution in [1.82, 2.24) is 0 Å². The normalized spacial score (nSPS) is 13.2. The molecule has 0 unspecified atom stereocenters. The highest BCUT2D eigenvalue weighted by Gasteiger charge is 2.30. The fourth-order valence-corrected chi connectivity index (χ4v) is 2.07. The monoisotopic (exact) mass is 279 g/mol. The predicted octanol–water partition coefficient (Wildman–Crippen LogP) is 3.22. The van der Waals surface area contributed by atoms with Gasteiger partial charge in [0.1, 0.15) is 0 Å². The fraction of sp³-hybridized carbons (Fsp3) is 0.562. The minimum absolute atomic E-state index is 0.411. The van der Waals surface area contributed by atoms with Gasteiger partial charge in [0.15, 0.2) is 6.10 Å². The van der Waals surface area contributed by atoms with Crippen molar-refractivity contribution in [3.63, 3.8) is 0 Å². The molecule has 4 nitrogen and oxygen atoms in total. The van der Waals surface area contributed by atoms with Crippen LogP contribution < -0.4 is 5.73 Å². The quantitative estimate of drug-likeness (QED) is 0.681. The summed E-state index contributed by atoms with van der Waals surface area (Å²) in [5, 5.41) is 0. The van der Waals surface area contributed by atoms with Gasteiger partial charge in [-0.15, -0.1) is 0 Å². The van der Waals surface area contributed by atoms with E-state index in [0.717, 1.165) is 22.3 Å². The van der Waals surface area contributed by atoms with Crippen LogP contribution in [0.1, 0.15) is 49.1 Å². The number of nitrogens with two attached hydrogens (primary N) is 1. The van der Waals surface area contributed by atoms with Gasteiger partial charge in [0.05, 0.1) is 12.7 Å². The molecule has 0 aliphatic heterocycles. The van der Waals surface area contributed by atoms with Crippen LogP contribution >= 0.6 is 0 Å². The van der Waals surface area contributed by atoms with Crippen LogP contribution in [-0.4, -0.2) is 18.7 Å². The average Bonchev–Trinajstić information content (AvgIpc) is 2.36. The van der Waals surface area contributed by atoms with Crippen molar-refractivity contribution >= 4 is 11.7 Å². The number of rotatable bonds is 3. The Hall–Kier alpha value is -1.55. The number of carbonyl (C=O) groups excluding carboxylic acids is 1. The van der Waals surface area contributed by atoms with Crippen LogP contribution in [-0.2, 0) is 14.3 Å². The van der Waals surface area contributed by atoms with E-state index in [0.29, 0.717) is 5.69 Å². The molecule has 0 spiro atoms.